The van der Waals surface area contributed by atoms with E-state index in [1.165, 1.54) is 0 Å². The van der Waals surface area contributed by atoms with Gasteiger partial charge in [0.05, 0.1) is 0 Å². The van der Waals surface area contributed by atoms with Crippen molar-refractivity contribution in [3.8, 4) is 0 Å². The average Bonchev–Trinajstić information content (AvgIpc) is 1.59. The Hall–Kier alpha value is 0.198. The molecule has 0 radical (unpaired) electrons. The molecular weight excluding hydrogens is 376 g/mol. The Morgan fingerprint density at radius 3 is 0.917 bits per heavy atom. The summed E-state index contributed by atoms with van der Waals surface area (Å²) in [4.78, 5) is 0. The number of hydrogen-bond donors (Lipinski definition) is 0. The summed E-state index contributed by atoms with van der Waals surface area (Å²) in [7, 11) is 0. The molecule has 0 N–H and O–H groups in total. The molecule has 0 aliphatic rings. The molecule has 0 aromatic carbocycles. The Bertz CT molecular complexity index is 99.6. The van der Waals surface area contributed by atoms with E-state index in [9.17, 15) is 30.7 Å². The third-order valence-corrected chi connectivity index (χ3v) is 0.498. The summed E-state index contributed by atoms with van der Waals surface area (Å²) in [5.41, 5.74) is 0. The molecular formula is C4H3F7Pt. The molecule has 0 heterocycles. The number of rotatable bonds is 0. The normalized spacial score (nSPS) is 12.0. The predicted molar refractivity (Wildman–Crippen MR) is 22.9 cm³/mol. The van der Waals surface area contributed by atoms with Crippen molar-refractivity contribution >= 4 is 0 Å². The maximum atomic E-state index is 11.1. The van der Waals surface area contributed by atoms with Gasteiger partial charge in [0.1, 0.15) is 0 Å². The fourth-order valence-electron chi connectivity index (χ4n) is 0.161. The van der Waals surface area contributed by atoms with Crippen LogP contribution in [-0.2, 0) is 21.1 Å². The van der Waals surface area contributed by atoms with E-state index in [4.69, 9.17) is 0 Å². The van der Waals surface area contributed by atoms with Crippen molar-refractivity contribution in [1.29, 1.82) is 0 Å². The molecule has 0 aromatic rings. The minimum atomic E-state index is -5.93. The zero-order valence-electron chi connectivity index (χ0n) is 5.46. The van der Waals surface area contributed by atoms with Gasteiger partial charge < -0.3 is 11.8 Å². The standard InChI is InChI=1S/C3F7.CH3.Pt/c4-1(2(5,6)7)3(8,9)10;;/h;1H3;/q2*-1;+2. The van der Waals surface area contributed by atoms with Gasteiger partial charge in [-0.05, 0) is 0 Å². The summed E-state index contributed by atoms with van der Waals surface area (Å²) < 4.78 is 76.0. The van der Waals surface area contributed by atoms with Gasteiger partial charge in [0.15, 0.2) is 0 Å². The smallest absolute Gasteiger partial charge is 0.438 e. The average molecular weight is 379 g/mol. The topological polar surface area (TPSA) is 0 Å². The number of alkyl halides is 6. The zero-order valence-corrected chi connectivity index (χ0v) is 7.73. The molecule has 0 saturated heterocycles. The molecule has 0 nitrogen and oxygen atoms in total. The van der Waals surface area contributed by atoms with Crippen molar-refractivity contribution in [2.45, 2.75) is 12.4 Å². The summed E-state index contributed by atoms with van der Waals surface area (Å²) in [5, 5.41) is 0. The van der Waals surface area contributed by atoms with Gasteiger partial charge in [-0.15, -0.1) is 0 Å². The van der Waals surface area contributed by atoms with E-state index in [0.29, 0.717) is 0 Å². The number of halogens is 7. The summed E-state index contributed by atoms with van der Waals surface area (Å²) in [6.07, 6.45) is -15.8. The molecule has 8 heteroatoms. The Labute approximate surface area is 78.4 Å². The monoisotopic (exact) mass is 379 g/mol. The van der Waals surface area contributed by atoms with Crippen molar-refractivity contribution in [2.75, 3.05) is 0 Å². The van der Waals surface area contributed by atoms with Crippen LogP contribution >= 0.6 is 0 Å². The van der Waals surface area contributed by atoms with Gasteiger partial charge in [-0.2, -0.15) is 0 Å². The molecule has 0 amide bonds. The third kappa shape index (κ3) is 5.80. The van der Waals surface area contributed by atoms with Crippen LogP contribution in [0.15, 0.2) is 0 Å². The van der Waals surface area contributed by atoms with Crippen LogP contribution < -0.4 is 0 Å². The Kier molecular flexibility index (Phi) is 7.60. The molecule has 0 saturated carbocycles. The molecule has 0 bridgehead atoms. The van der Waals surface area contributed by atoms with Gasteiger partial charge in [0.2, 0.25) is 0 Å². The van der Waals surface area contributed by atoms with Crippen molar-refractivity contribution in [1.82, 2.24) is 0 Å². The molecule has 0 fully saturated rings. The van der Waals surface area contributed by atoms with Crippen LogP contribution in [-0.4, -0.2) is 12.4 Å². The molecule has 78 valence electrons. The molecule has 12 heavy (non-hydrogen) atoms. The van der Waals surface area contributed by atoms with Crippen LogP contribution in [0.4, 0.5) is 30.7 Å². The molecule has 0 aromatic heterocycles. The minimum Gasteiger partial charge on any atom is -0.438 e. The van der Waals surface area contributed by atoms with Gasteiger partial charge >= 0.3 is 33.4 Å². The van der Waals surface area contributed by atoms with E-state index in [1.807, 2.05) is 0 Å². The predicted octanol–water partition coefficient (Wildman–Crippen LogP) is 3.06. The van der Waals surface area contributed by atoms with E-state index < -0.39 is 18.5 Å². The third-order valence-electron chi connectivity index (χ3n) is 0.498. The van der Waals surface area contributed by atoms with Gasteiger partial charge in [0.25, 0.3) is 0 Å². The fraction of sp³-hybridized carbons (Fsp3) is 0.500. The molecule has 0 unspecified atom stereocenters. The van der Waals surface area contributed by atoms with E-state index in [2.05, 4.69) is 0 Å². The SMILES string of the molecule is F[C-](C(F)(F)F)C(F)(F)F.[CH3-].[Pt+2]. The first-order valence-corrected chi connectivity index (χ1v) is 1.82. The second-order valence-corrected chi connectivity index (χ2v) is 1.31. The van der Waals surface area contributed by atoms with E-state index in [-0.39, 0.29) is 28.5 Å². The van der Waals surface area contributed by atoms with Crippen molar-refractivity contribution in [2.24, 2.45) is 0 Å². The molecule has 0 rings (SSSR count). The van der Waals surface area contributed by atoms with Crippen LogP contribution in [0.5, 0.6) is 0 Å². The van der Waals surface area contributed by atoms with Crippen molar-refractivity contribution in [3.05, 3.63) is 13.6 Å². The molecule has 0 atom stereocenters. The van der Waals surface area contributed by atoms with E-state index in [0.717, 1.165) is 0 Å². The fourth-order valence-corrected chi connectivity index (χ4v) is 0.161. The van der Waals surface area contributed by atoms with Gasteiger partial charge in [-0.25, -0.2) is 26.3 Å². The minimum absolute atomic E-state index is 0. The van der Waals surface area contributed by atoms with Crippen molar-refractivity contribution in [3.63, 3.8) is 0 Å². The van der Waals surface area contributed by atoms with Gasteiger partial charge in [0, 0.05) is 6.17 Å². The zero-order chi connectivity index (χ0) is 8.58. The summed E-state index contributed by atoms with van der Waals surface area (Å²) in [5.74, 6) is 0. The Morgan fingerprint density at radius 2 is 0.917 bits per heavy atom. The molecule has 0 aliphatic carbocycles. The summed E-state index contributed by atoms with van der Waals surface area (Å²) in [6.45, 7) is 0. The van der Waals surface area contributed by atoms with E-state index >= 15 is 0 Å². The maximum Gasteiger partial charge on any atom is 2.00 e. The first-order chi connectivity index (χ1) is 4.15. The van der Waals surface area contributed by atoms with Crippen molar-refractivity contribution < 1.29 is 51.8 Å². The Balaban J connectivity index is -0.000000405. The van der Waals surface area contributed by atoms with Gasteiger partial charge in [-0.1, -0.05) is 0 Å². The largest absolute Gasteiger partial charge is 2.00 e. The van der Waals surface area contributed by atoms with Crippen LogP contribution in [0.2, 0.25) is 0 Å². The van der Waals surface area contributed by atoms with Crippen LogP contribution in [0.25, 0.3) is 0 Å². The maximum absolute atomic E-state index is 11.1. The second-order valence-electron chi connectivity index (χ2n) is 1.31. The summed E-state index contributed by atoms with van der Waals surface area (Å²) >= 11 is 0. The van der Waals surface area contributed by atoms with E-state index in [1.54, 1.807) is 0 Å². The second kappa shape index (κ2) is 5.04. The summed E-state index contributed by atoms with van der Waals surface area (Å²) in [6, 6.07) is 0. The van der Waals surface area contributed by atoms with Crippen LogP contribution in [0.3, 0.4) is 0 Å². The van der Waals surface area contributed by atoms with Gasteiger partial charge in [-0.3, -0.25) is 0 Å². The van der Waals surface area contributed by atoms with Crippen LogP contribution in [0, 0.1) is 13.6 Å². The molecule has 0 spiro atoms. The molecule has 0 aliphatic heterocycles. The Morgan fingerprint density at radius 1 is 0.750 bits per heavy atom. The van der Waals surface area contributed by atoms with Crippen LogP contribution in [0.1, 0.15) is 0 Å². The number of hydrogen-bond acceptors (Lipinski definition) is 0. The first-order valence-electron chi connectivity index (χ1n) is 1.82. The first kappa shape index (κ1) is 18.1. The quantitative estimate of drug-likeness (QED) is 0.449.